The second-order valence-corrected chi connectivity index (χ2v) is 4.13. The second-order valence-electron chi connectivity index (χ2n) is 4.13. The normalized spacial score (nSPS) is 12.0. The van der Waals surface area contributed by atoms with Crippen molar-refractivity contribution in [1.29, 1.82) is 0 Å². The molecule has 19 heavy (non-hydrogen) atoms. The van der Waals surface area contributed by atoms with Crippen molar-refractivity contribution in [3.63, 3.8) is 0 Å². The molecular formula is C14H16N2O3. The molecule has 0 aliphatic carbocycles. The highest BCUT2D eigenvalue weighted by Gasteiger charge is 2.17. The zero-order valence-electron chi connectivity index (χ0n) is 11.1. The highest BCUT2D eigenvalue weighted by atomic mass is 16.5. The van der Waals surface area contributed by atoms with Crippen LogP contribution < -0.4 is 9.47 Å². The van der Waals surface area contributed by atoms with Gasteiger partial charge in [-0.1, -0.05) is 11.6 Å². The summed E-state index contributed by atoms with van der Waals surface area (Å²) in [4.78, 5) is 7.99. The monoisotopic (exact) mass is 260 g/mol. The van der Waals surface area contributed by atoms with Crippen molar-refractivity contribution in [3.05, 3.63) is 47.4 Å². The molecule has 0 bridgehead atoms. The maximum Gasteiger partial charge on any atom is 0.216 e. The Morgan fingerprint density at radius 2 is 1.89 bits per heavy atom. The summed E-state index contributed by atoms with van der Waals surface area (Å²) in [6.45, 7) is 1.95. The van der Waals surface area contributed by atoms with Crippen molar-refractivity contribution >= 4 is 0 Å². The fourth-order valence-electron chi connectivity index (χ4n) is 1.84. The van der Waals surface area contributed by atoms with E-state index in [4.69, 9.17) is 9.47 Å². The van der Waals surface area contributed by atoms with E-state index in [1.54, 1.807) is 13.2 Å². The number of aliphatic hydroxyl groups is 1. The molecule has 5 heteroatoms. The highest BCUT2D eigenvalue weighted by molar-refractivity contribution is 5.41. The minimum Gasteiger partial charge on any atom is -0.496 e. The molecule has 1 aromatic carbocycles. The molecule has 1 heterocycles. The predicted molar refractivity (Wildman–Crippen MR) is 70.4 cm³/mol. The highest BCUT2D eigenvalue weighted by Crippen LogP contribution is 2.30. The quantitative estimate of drug-likeness (QED) is 0.909. The predicted octanol–water partition coefficient (Wildman–Crippen LogP) is 1.88. The Balaban J connectivity index is 2.42. The molecule has 1 N–H and O–H groups in total. The van der Waals surface area contributed by atoms with E-state index in [0.717, 1.165) is 5.56 Å². The Hall–Kier alpha value is -2.14. The standard InChI is InChI=1S/C14H16N2O3/c1-9-4-5-12(18-2)10(6-9)14(17)11-7-13(19-3)16-8-15-11/h4-8,14,17H,1-3H3. The molecule has 0 aliphatic heterocycles. The summed E-state index contributed by atoms with van der Waals surface area (Å²) in [6.07, 6.45) is 0.478. The van der Waals surface area contributed by atoms with Gasteiger partial charge in [0.05, 0.1) is 19.9 Å². The summed E-state index contributed by atoms with van der Waals surface area (Å²) >= 11 is 0. The first-order valence-electron chi connectivity index (χ1n) is 5.84. The van der Waals surface area contributed by atoms with Crippen molar-refractivity contribution in [2.45, 2.75) is 13.0 Å². The molecule has 1 atom stereocenters. The maximum atomic E-state index is 10.4. The van der Waals surface area contributed by atoms with E-state index in [2.05, 4.69) is 9.97 Å². The van der Waals surface area contributed by atoms with E-state index in [9.17, 15) is 5.11 Å². The van der Waals surface area contributed by atoms with Crippen LogP contribution in [-0.4, -0.2) is 29.3 Å². The third-order valence-corrected chi connectivity index (χ3v) is 2.83. The molecule has 0 amide bonds. The summed E-state index contributed by atoms with van der Waals surface area (Å²) in [5, 5.41) is 10.4. The van der Waals surface area contributed by atoms with Crippen LogP contribution in [0.5, 0.6) is 11.6 Å². The lowest BCUT2D eigenvalue weighted by Gasteiger charge is -2.15. The van der Waals surface area contributed by atoms with E-state index >= 15 is 0 Å². The lowest BCUT2D eigenvalue weighted by Crippen LogP contribution is -2.06. The minimum atomic E-state index is -0.883. The average Bonchev–Trinajstić information content (AvgIpc) is 2.46. The second kappa shape index (κ2) is 5.67. The summed E-state index contributed by atoms with van der Waals surface area (Å²) < 4.78 is 10.3. The van der Waals surface area contributed by atoms with Crippen LogP contribution in [0, 0.1) is 6.92 Å². The van der Waals surface area contributed by atoms with Gasteiger partial charge in [0.25, 0.3) is 0 Å². The van der Waals surface area contributed by atoms with Crippen LogP contribution in [-0.2, 0) is 0 Å². The van der Waals surface area contributed by atoms with Crippen LogP contribution in [0.1, 0.15) is 22.9 Å². The zero-order valence-corrected chi connectivity index (χ0v) is 11.1. The maximum absolute atomic E-state index is 10.4. The van der Waals surface area contributed by atoms with Crippen LogP contribution in [0.4, 0.5) is 0 Å². The van der Waals surface area contributed by atoms with Crippen LogP contribution in [0.3, 0.4) is 0 Å². The minimum absolute atomic E-state index is 0.413. The fourth-order valence-corrected chi connectivity index (χ4v) is 1.84. The van der Waals surface area contributed by atoms with E-state index in [0.29, 0.717) is 22.9 Å². The Kier molecular flexibility index (Phi) is 3.97. The summed E-state index contributed by atoms with van der Waals surface area (Å²) in [7, 11) is 3.09. The van der Waals surface area contributed by atoms with Crippen molar-refractivity contribution in [2.75, 3.05) is 14.2 Å². The van der Waals surface area contributed by atoms with Gasteiger partial charge in [0.15, 0.2) is 0 Å². The third-order valence-electron chi connectivity index (χ3n) is 2.83. The van der Waals surface area contributed by atoms with Crippen LogP contribution in [0.2, 0.25) is 0 Å². The smallest absolute Gasteiger partial charge is 0.216 e. The first kappa shape index (κ1) is 13.3. The van der Waals surface area contributed by atoms with Gasteiger partial charge in [-0.05, 0) is 19.1 Å². The van der Waals surface area contributed by atoms with Gasteiger partial charge in [0, 0.05) is 11.6 Å². The van der Waals surface area contributed by atoms with Gasteiger partial charge in [-0.3, -0.25) is 0 Å². The van der Waals surface area contributed by atoms with Crippen molar-refractivity contribution in [3.8, 4) is 11.6 Å². The van der Waals surface area contributed by atoms with Gasteiger partial charge >= 0.3 is 0 Å². The van der Waals surface area contributed by atoms with Crippen molar-refractivity contribution in [2.24, 2.45) is 0 Å². The number of nitrogens with zero attached hydrogens (tertiary/aromatic N) is 2. The van der Waals surface area contributed by atoms with Gasteiger partial charge in [0.2, 0.25) is 5.88 Å². The summed E-state index contributed by atoms with van der Waals surface area (Å²) in [5.74, 6) is 1.03. The zero-order chi connectivity index (χ0) is 13.8. The molecule has 0 fully saturated rings. The number of hydrogen-bond donors (Lipinski definition) is 1. The van der Waals surface area contributed by atoms with Gasteiger partial charge < -0.3 is 14.6 Å². The number of aromatic nitrogens is 2. The van der Waals surface area contributed by atoms with Gasteiger partial charge in [-0.2, -0.15) is 0 Å². The number of rotatable bonds is 4. The van der Waals surface area contributed by atoms with Crippen LogP contribution >= 0.6 is 0 Å². The number of hydrogen-bond acceptors (Lipinski definition) is 5. The topological polar surface area (TPSA) is 64.5 Å². The molecule has 2 aromatic rings. The molecule has 0 saturated carbocycles. The van der Waals surface area contributed by atoms with Crippen LogP contribution in [0.25, 0.3) is 0 Å². The fraction of sp³-hybridized carbons (Fsp3) is 0.286. The van der Waals surface area contributed by atoms with Crippen molar-refractivity contribution < 1.29 is 14.6 Å². The molecule has 0 aliphatic rings. The lowest BCUT2D eigenvalue weighted by atomic mass is 10.0. The van der Waals surface area contributed by atoms with E-state index < -0.39 is 6.10 Å². The number of benzene rings is 1. The Morgan fingerprint density at radius 1 is 1.11 bits per heavy atom. The molecule has 100 valence electrons. The number of aliphatic hydroxyl groups excluding tert-OH is 1. The van der Waals surface area contributed by atoms with Gasteiger partial charge in [-0.15, -0.1) is 0 Å². The molecule has 5 nitrogen and oxygen atoms in total. The van der Waals surface area contributed by atoms with E-state index in [1.165, 1.54) is 13.4 Å². The molecule has 0 spiro atoms. The van der Waals surface area contributed by atoms with E-state index in [1.807, 2.05) is 25.1 Å². The van der Waals surface area contributed by atoms with E-state index in [-0.39, 0.29) is 0 Å². The SMILES string of the molecule is COc1cc(C(O)c2cc(C)ccc2OC)ncn1. The van der Waals surface area contributed by atoms with Gasteiger partial charge in [-0.25, -0.2) is 9.97 Å². The largest absolute Gasteiger partial charge is 0.496 e. The summed E-state index contributed by atoms with van der Waals surface area (Å²) in [6, 6.07) is 7.23. The van der Waals surface area contributed by atoms with Gasteiger partial charge in [0.1, 0.15) is 18.2 Å². The molecule has 0 saturated heterocycles. The molecular weight excluding hydrogens is 244 g/mol. The number of methoxy groups -OCH3 is 2. The molecule has 0 radical (unpaired) electrons. The Morgan fingerprint density at radius 3 is 2.58 bits per heavy atom. The third kappa shape index (κ3) is 2.82. The first-order chi connectivity index (χ1) is 9.15. The molecule has 1 unspecified atom stereocenters. The Labute approximate surface area is 111 Å². The summed E-state index contributed by atoms with van der Waals surface area (Å²) in [5.41, 5.74) is 2.18. The molecule has 2 rings (SSSR count). The van der Waals surface area contributed by atoms with Crippen LogP contribution in [0.15, 0.2) is 30.6 Å². The number of ether oxygens (including phenoxy) is 2. The first-order valence-corrected chi connectivity index (χ1v) is 5.84. The lowest BCUT2D eigenvalue weighted by molar-refractivity contribution is 0.209. The Bertz CT molecular complexity index is 572. The molecule has 1 aromatic heterocycles. The van der Waals surface area contributed by atoms with Crippen molar-refractivity contribution in [1.82, 2.24) is 9.97 Å². The number of aryl methyl sites for hydroxylation is 1. The average molecular weight is 260 g/mol.